The normalized spacial score (nSPS) is 14.6. The molecule has 1 aliphatic heterocycles. The van der Waals surface area contributed by atoms with Crippen LogP contribution in [-0.2, 0) is 14.8 Å². The van der Waals surface area contributed by atoms with E-state index in [1.54, 1.807) is 35.2 Å². The molecule has 1 saturated heterocycles. The number of halogens is 1. The van der Waals surface area contributed by atoms with Gasteiger partial charge in [-0.2, -0.15) is 0 Å². The van der Waals surface area contributed by atoms with Crippen LogP contribution in [0.3, 0.4) is 0 Å². The molecule has 0 aliphatic carbocycles. The molecule has 0 saturated carbocycles. The Morgan fingerprint density at radius 1 is 1.03 bits per heavy atom. The lowest BCUT2D eigenvalue weighted by Gasteiger charge is -2.36. The number of piperazine rings is 1. The second-order valence-electron chi connectivity index (χ2n) is 7.54. The molecule has 3 rings (SSSR count). The van der Waals surface area contributed by atoms with Crippen molar-refractivity contribution in [2.24, 2.45) is 0 Å². The van der Waals surface area contributed by atoms with Crippen molar-refractivity contribution in [3.63, 3.8) is 0 Å². The van der Waals surface area contributed by atoms with E-state index in [1.165, 1.54) is 16.6 Å². The lowest BCUT2D eigenvalue weighted by molar-refractivity contribution is -0.131. The summed E-state index contributed by atoms with van der Waals surface area (Å²) in [6.45, 7) is 4.33. The fraction of sp³-hybridized carbons (Fsp3) is 0.409. The third-order valence-corrected chi connectivity index (χ3v) is 6.54. The van der Waals surface area contributed by atoms with E-state index in [0.717, 1.165) is 5.56 Å². The smallest absolute Gasteiger partial charge is 0.232 e. The molecule has 0 unspecified atom stereocenters. The van der Waals surface area contributed by atoms with Gasteiger partial charge in [-0.15, -0.1) is 0 Å². The van der Waals surface area contributed by atoms with Crippen LogP contribution in [-0.4, -0.2) is 58.2 Å². The highest BCUT2D eigenvalue weighted by atomic mass is 32.2. The first-order chi connectivity index (χ1) is 14.3. The molecule has 30 heavy (non-hydrogen) atoms. The number of hydrogen-bond donors (Lipinski definition) is 0. The van der Waals surface area contributed by atoms with Crippen LogP contribution in [0.15, 0.2) is 48.5 Å². The molecule has 0 spiro atoms. The number of carbonyl (C=O) groups excluding carboxylic acids is 1. The van der Waals surface area contributed by atoms with Gasteiger partial charge in [-0.25, -0.2) is 12.8 Å². The lowest BCUT2D eigenvalue weighted by Crippen LogP contribution is -2.49. The van der Waals surface area contributed by atoms with E-state index in [4.69, 9.17) is 0 Å². The summed E-state index contributed by atoms with van der Waals surface area (Å²) in [7, 11) is -3.44. The monoisotopic (exact) mass is 433 g/mol. The summed E-state index contributed by atoms with van der Waals surface area (Å²) >= 11 is 0. The van der Waals surface area contributed by atoms with Crippen LogP contribution in [0, 0.1) is 12.7 Å². The van der Waals surface area contributed by atoms with Crippen molar-refractivity contribution < 1.29 is 17.6 Å². The fourth-order valence-electron chi connectivity index (χ4n) is 3.75. The Labute approximate surface area is 177 Å². The zero-order chi connectivity index (χ0) is 21.7. The minimum atomic E-state index is -3.44. The van der Waals surface area contributed by atoms with Crippen LogP contribution in [0.4, 0.5) is 15.8 Å². The van der Waals surface area contributed by atoms with E-state index >= 15 is 0 Å². The summed E-state index contributed by atoms with van der Waals surface area (Å²) < 4.78 is 39.8. The average Bonchev–Trinajstić information content (AvgIpc) is 2.71. The molecular formula is C22H28FN3O3S. The maximum absolute atomic E-state index is 14.0. The zero-order valence-electron chi connectivity index (χ0n) is 17.4. The van der Waals surface area contributed by atoms with Crippen molar-refractivity contribution in [1.29, 1.82) is 0 Å². The Morgan fingerprint density at radius 2 is 1.67 bits per heavy atom. The van der Waals surface area contributed by atoms with E-state index < -0.39 is 10.0 Å². The van der Waals surface area contributed by atoms with E-state index in [2.05, 4.69) is 0 Å². The van der Waals surface area contributed by atoms with Gasteiger partial charge in [-0.1, -0.05) is 30.3 Å². The summed E-state index contributed by atoms with van der Waals surface area (Å²) in [5, 5.41) is 0. The Hall–Kier alpha value is -2.61. The second kappa shape index (κ2) is 9.47. The third-order valence-electron chi connectivity index (χ3n) is 5.36. The van der Waals surface area contributed by atoms with Crippen molar-refractivity contribution >= 4 is 27.3 Å². The second-order valence-corrected chi connectivity index (χ2v) is 9.45. The number of anilines is 2. The van der Waals surface area contributed by atoms with Gasteiger partial charge in [0.15, 0.2) is 0 Å². The summed E-state index contributed by atoms with van der Waals surface area (Å²) in [5.74, 6) is -0.254. The molecule has 1 amide bonds. The third kappa shape index (κ3) is 5.30. The SMILES string of the molecule is Cc1ccccc1N(CCCC(=O)N1CCN(c2ccccc2F)CC1)S(C)(=O)=O. The molecule has 1 aliphatic rings. The molecule has 2 aromatic rings. The first-order valence-corrected chi connectivity index (χ1v) is 11.9. The standard InChI is InChI=1S/C22H28FN3O3S/c1-18-8-3-5-10-20(18)26(30(2,28)29)13-7-12-22(27)25-16-14-24(15-17-25)21-11-6-4-9-19(21)23/h3-6,8-11H,7,12-17H2,1-2H3. The first kappa shape index (κ1) is 22.1. The minimum absolute atomic E-state index is 0.00131. The minimum Gasteiger partial charge on any atom is -0.366 e. The summed E-state index contributed by atoms with van der Waals surface area (Å²) in [6, 6.07) is 14.0. The van der Waals surface area contributed by atoms with Crippen LogP contribution < -0.4 is 9.21 Å². The molecule has 0 aromatic heterocycles. The maximum Gasteiger partial charge on any atom is 0.232 e. The molecule has 0 radical (unpaired) electrons. The number of sulfonamides is 1. The van der Waals surface area contributed by atoms with Crippen molar-refractivity contribution in [2.45, 2.75) is 19.8 Å². The van der Waals surface area contributed by atoms with Crippen molar-refractivity contribution in [2.75, 3.05) is 48.2 Å². The highest BCUT2D eigenvalue weighted by molar-refractivity contribution is 7.92. The average molecular weight is 434 g/mol. The van der Waals surface area contributed by atoms with Crippen molar-refractivity contribution in [3.05, 3.63) is 59.9 Å². The largest absolute Gasteiger partial charge is 0.366 e. The fourth-order valence-corrected chi connectivity index (χ4v) is 4.77. The molecule has 0 bridgehead atoms. The van der Waals surface area contributed by atoms with Crippen molar-refractivity contribution in [3.8, 4) is 0 Å². The zero-order valence-corrected chi connectivity index (χ0v) is 18.2. The number of hydrogen-bond acceptors (Lipinski definition) is 4. The van der Waals surface area contributed by atoms with Crippen LogP contribution in [0.1, 0.15) is 18.4 Å². The molecule has 6 nitrogen and oxygen atoms in total. The van der Waals surface area contributed by atoms with Gasteiger partial charge in [0, 0.05) is 39.1 Å². The Morgan fingerprint density at radius 3 is 2.30 bits per heavy atom. The van der Waals surface area contributed by atoms with Gasteiger partial charge >= 0.3 is 0 Å². The summed E-state index contributed by atoms with van der Waals surface area (Å²) in [5.41, 5.74) is 2.08. The molecule has 8 heteroatoms. The molecule has 1 fully saturated rings. The molecular weight excluding hydrogens is 405 g/mol. The van der Waals surface area contributed by atoms with E-state index in [1.807, 2.05) is 24.0 Å². The molecule has 2 aromatic carbocycles. The van der Waals surface area contributed by atoms with Gasteiger partial charge in [0.05, 0.1) is 17.6 Å². The number of rotatable bonds is 7. The Kier molecular flexibility index (Phi) is 6.97. The first-order valence-electron chi connectivity index (χ1n) is 10.1. The predicted molar refractivity (Wildman–Crippen MR) is 118 cm³/mol. The topological polar surface area (TPSA) is 60.9 Å². The number of benzene rings is 2. The van der Waals surface area contributed by atoms with Crippen LogP contribution in [0.2, 0.25) is 0 Å². The molecule has 0 N–H and O–H groups in total. The van der Waals surface area contributed by atoms with Crippen molar-refractivity contribution in [1.82, 2.24) is 4.90 Å². The maximum atomic E-state index is 14.0. The van der Waals surface area contributed by atoms with E-state index in [0.29, 0.717) is 44.0 Å². The molecule has 1 heterocycles. The number of nitrogens with zero attached hydrogens (tertiary/aromatic N) is 3. The predicted octanol–water partition coefficient (Wildman–Crippen LogP) is 3.03. The van der Waals surface area contributed by atoms with Gasteiger partial charge in [-0.3, -0.25) is 9.10 Å². The van der Waals surface area contributed by atoms with Gasteiger partial charge in [0.25, 0.3) is 0 Å². The quantitative estimate of drug-likeness (QED) is 0.674. The van der Waals surface area contributed by atoms with Gasteiger partial charge < -0.3 is 9.80 Å². The van der Waals surface area contributed by atoms with E-state index in [-0.39, 0.29) is 24.7 Å². The number of carbonyl (C=O) groups is 1. The van der Waals surface area contributed by atoms with Crippen LogP contribution in [0.25, 0.3) is 0 Å². The van der Waals surface area contributed by atoms with Gasteiger partial charge in [0.2, 0.25) is 15.9 Å². The molecule has 162 valence electrons. The Bertz CT molecular complexity index is 989. The molecule has 0 atom stereocenters. The summed E-state index contributed by atoms with van der Waals surface area (Å²) in [6.07, 6.45) is 1.90. The number of aryl methyl sites for hydroxylation is 1. The number of para-hydroxylation sites is 2. The Balaban J connectivity index is 1.53. The highest BCUT2D eigenvalue weighted by Gasteiger charge is 2.24. The van der Waals surface area contributed by atoms with Gasteiger partial charge in [-0.05, 0) is 37.1 Å². The van der Waals surface area contributed by atoms with Crippen LogP contribution in [0.5, 0.6) is 0 Å². The van der Waals surface area contributed by atoms with E-state index in [9.17, 15) is 17.6 Å². The lowest BCUT2D eigenvalue weighted by atomic mass is 10.2. The van der Waals surface area contributed by atoms with Gasteiger partial charge in [0.1, 0.15) is 5.82 Å². The summed E-state index contributed by atoms with van der Waals surface area (Å²) in [4.78, 5) is 16.3. The highest BCUT2D eigenvalue weighted by Crippen LogP contribution is 2.23. The number of amides is 1. The van der Waals surface area contributed by atoms with Crippen LogP contribution >= 0.6 is 0 Å².